The Kier molecular flexibility index (Phi) is 3.77. The molecule has 0 aliphatic carbocycles. The van der Waals surface area contributed by atoms with Gasteiger partial charge in [0.05, 0.1) is 6.61 Å². The van der Waals surface area contributed by atoms with Gasteiger partial charge < -0.3 is 4.74 Å². The number of hydrogen-bond acceptors (Lipinski definition) is 3. The fourth-order valence-electron chi connectivity index (χ4n) is 1.72. The molecule has 92 valence electrons. The second-order valence-corrected chi connectivity index (χ2v) is 4.49. The van der Waals surface area contributed by atoms with Crippen molar-refractivity contribution in [2.45, 2.75) is 6.92 Å². The molecule has 0 unspecified atom stereocenters. The van der Waals surface area contributed by atoms with Gasteiger partial charge in [-0.15, -0.1) is 0 Å². The molecule has 0 atom stereocenters. The highest BCUT2D eigenvalue weighted by atomic mass is 79.9. The minimum Gasteiger partial charge on any atom is -0.460 e. The Balaban J connectivity index is 2.49. The van der Waals surface area contributed by atoms with Crippen molar-refractivity contribution in [1.29, 1.82) is 0 Å². The molecule has 0 aliphatic heterocycles. The monoisotopic (exact) mass is 306 g/mol. The molecular weight excluding hydrogens is 296 g/mol. The second kappa shape index (κ2) is 5.31. The van der Waals surface area contributed by atoms with Gasteiger partial charge in [-0.2, -0.15) is 0 Å². The van der Waals surface area contributed by atoms with Crippen molar-refractivity contribution in [3.05, 3.63) is 46.4 Å². The predicted molar refractivity (Wildman–Crippen MR) is 72.6 cm³/mol. The fraction of sp³-hybridized carbons (Fsp3) is 0.143. The van der Waals surface area contributed by atoms with Crippen LogP contribution in [-0.4, -0.2) is 18.4 Å². The Hall–Kier alpha value is -1.68. The molecule has 0 bridgehead atoms. The number of fused-ring (bicyclic) bond motifs is 1. The SMILES string of the molecule is CCOC(=O)C(=O)c1ccc2ccccc2c1Br. The molecule has 0 aliphatic rings. The first-order chi connectivity index (χ1) is 8.65. The maximum atomic E-state index is 11.9. The summed E-state index contributed by atoms with van der Waals surface area (Å²) in [6, 6.07) is 11.1. The normalized spacial score (nSPS) is 10.3. The highest BCUT2D eigenvalue weighted by Gasteiger charge is 2.20. The lowest BCUT2D eigenvalue weighted by Crippen LogP contribution is -2.18. The van der Waals surface area contributed by atoms with E-state index in [1.165, 1.54) is 0 Å². The van der Waals surface area contributed by atoms with E-state index < -0.39 is 11.8 Å². The standard InChI is InChI=1S/C14H11BrO3/c1-2-18-14(17)13(16)11-8-7-9-5-3-4-6-10(9)12(11)15/h3-8H,2H2,1H3. The molecule has 18 heavy (non-hydrogen) atoms. The zero-order chi connectivity index (χ0) is 13.1. The Bertz CT molecular complexity index is 619. The molecule has 3 nitrogen and oxygen atoms in total. The van der Waals surface area contributed by atoms with Crippen LogP contribution < -0.4 is 0 Å². The number of Topliss-reactive ketones (excluding diaryl/α,β-unsaturated/α-hetero) is 1. The average Bonchev–Trinajstić information content (AvgIpc) is 2.39. The van der Waals surface area contributed by atoms with E-state index in [1.807, 2.05) is 30.3 Å². The predicted octanol–water partition coefficient (Wildman–Crippen LogP) is 3.35. The van der Waals surface area contributed by atoms with E-state index in [4.69, 9.17) is 4.74 Å². The highest BCUT2D eigenvalue weighted by molar-refractivity contribution is 9.10. The molecule has 0 saturated carbocycles. The Morgan fingerprint density at radius 3 is 2.61 bits per heavy atom. The van der Waals surface area contributed by atoms with Crippen LogP contribution in [0.15, 0.2) is 40.9 Å². The fourth-order valence-corrected chi connectivity index (χ4v) is 2.39. The summed E-state index contributed by atoms with van der Waals surface area (Å²) in [4.78, 5) is 23.3. The van der Waals surface area contributed by atoms with Crippen molar-refractivity contribution in [2.75, 3.05) is 6.61 Å². The zero-order valence-electron chi connectivity index (χ0n) is 9.77. The maximum Gasteiger partial charge on any atom is 0.379 e. The summed E-state index contributed by atoms with van der Waals surface area (Å²) < 4.78 is 5.34. The van der Waals surface area contributed by atoms with Gasteiger partial charge in [-0.3, -0.25) is 4.79 Å². The average molecular weight is 307 g/mol. The van der Waals surface area contributed by atoms with Crippen molar-refractivity contribution in [1.82, 2.24) is 0 Å². The van der Waals surface area contributed by atoms with E-state index >= 15 is 0 Å². The molecule has 0 spiro atoms. The Morgan fingerprint density at radius 1 is 1.17 bits per heavy atom. The van der Waals surface area contributed by atoms with E-state index in [9.17, 15) is 9.59 Å². The number of carbonyl (C=O) groups is 2. The van der Waals surface area contributed by atoms with E-state index in [2.05, 4.69) is 15.9 Å². The number of rotatable bonds is 3. The van der Waals surface area contributed by atoms with Crippen molar-refractivity contribution >= 4 is 38.5 Å². The number of esters is 1. The first-order valence-corrected chi connectivity index (χ1v) is 6.33. The van der Waals surface area contributed by atoms with Crippen molar-refractivity contribution in [2.24, 2.45) is 0 Å². The molecule has 2 aromatic rings. The topological polar surface area (TPSA) is 43.4 Å². The zero-order valence-corrected chi connectivity index (χ0v) is 11.4. The van der Waals surface area contributed by atoms with Gasteiger partial charge in [0.1, 0.15) is 0 Å². The van der Waals surface area contributed by atoms with Crippen LogP contribution in [0.2, 0.25) is 0 Å². The Morgan fingerprint density at radius 2 is 1.89 bits per heavy atom. The summed E-state index contributed by atoms with van der Waals surface area (Å²) >= 11 is 3.37. The summed E-state index contributed by atoms with van der Waals surface area (Å²) in [6.07, 6.45) is 0. The smallest absolute Gasteiger partial charge is 0.379 e. The van der Waals surface area contributed by atoms with E-state index in [0.29, 0.717) is 10.0 Å². The molecule has 2 rings (SSSR count). The van der Waals surface area contributed by atoms with Gasteiger partial charge >= 0.3 is 5.97 Å². The molecule has 0 radical (unpaired) electrons. The highest BCUT2D eigenvalue weighted by Crippen LogP contribution is 2.28. The lowest BCUT2D eigenvalue weighted by molar-refractivity contribution is -0.137. The number of ether oxygens (including phenoxy) is 1. The van der Waals surface area contributed by atoms with Crippen molar-refractivity contribution < 1.29 is 14.3 Å². The minimum absolute atomic E-state index is 0.190. The molecule has 4 heteroatoms. The van der Waals surface area contributed by atoms with Crippen LogP contribution in [0.25, 0.3) is 10.8 Å². The van der Waals surface area contributed by atoms with Gasteiger partial charge in [0.25, 0.3) is 5.78 Å². The van der Waals surface area contributed by atoms with Crippen LogP contribution in [0, 0.1) is 0 Å². The number of hydrogen-bond donors (Lipinski definition) is 0. The van der Waals surface area contributed by atoms with Crippen LogP contribution in [0.1, 0.15) is 17.3 Å². The number of ketones is 1. The summed E-state index contributed by atoms with van der Waals surface area (Å²) in [5.74, 6) is -1.46. The summed E-state index contributed by atoms with van der Waals surface area (Å²) in [5, 5.41) is 1.90. The third-order valence-electron chi connectivity index (χ3n) is 2.57. The first-order valence-electron chi connectivity index (χ1n) is 5.54. The summed E-state index contributed by atoms with van der Waals surface area (Å²) in [5.41, 5.74) is 0.326. The molecule has 2 aromatic carbocycles. The molecule has 0 N–H and O–H groups in total. The number of carbonyl (C=O) groups excluding carboxylic acids is 2. The minimum atomic E-state index is -0.825. The Labute approximate surface area is 113 Å². The summed E-state index contributed by atoms with van der Waals surface area (Å²) in [6.45, 7) is 1.86. The van der Waals surface area contributed by atoms with Crippen LogP contribution in [-0.2, 0) is 9.53 Å². The second-order valence-electron chi connectivity index (χ2n) is 3.70. The molecule has 0 fully saturated rings. The molecule has 0 saturated heterocycles. The van der Waals surface area contributed by atoms with Gasteiger partial charge in [-0.1, -0.05) is 30.3 Å². The third-order valence-corrected chi connectivity index (χ3v) is 3.42. The maximum absolute atomic E-state index is 11.9. The summed E-state index contributed by atoms with van der Waals surface area (Å²) in [7, 11) is 0. The molecule has 0 heterocycles. The first kappa shape index (κ1) is 12.8. The van der Waals surface area contributed by atoms with Crippen molar-refractivity contribution in [3.63, 3.8) is 0 Å². The third kappa shape index (κ3) is 2.29. The van der Waals surface area contributed by atoms with Gasteiger partial charge in [-0.25, -0.2) is 4.79 Å². The quantitative estimate of drug-likeness (QED) is 0.496. The van der Waals surface area contributed by atoms with E-state index in [-0.39, 0.29) is 6.61 Å². The number of halogens is 1. The molecule has 0 amide bonds. The van der Waals surface area contributed by atoms with Gasteiger partial charge in [0, 0.05) is 10.0 Å². The van der Waals surface area contributed by atoms with Crippen LogP contribution in [0.4, 0.5) is 0 Å². The van der Waals surface area contributed by atoms with Crippen LogP contribution in [0.5, 0.6) is 0 Å². The van der Waals surface area contributed by atoms with Crippen molar-refractivity contribution in [3.8, 4) is 0 Å². The number of benzene rings is 2. The van der Waals surface area contributed by atoms with Gasteiger partial charge in [0.15, 0.2) is 0 Å². The van der Waals surface area contributed by atoms with Crippen LogP contribution in [0.3, 0.4) is 0 Å². The van der Waals surface area contributed by atoms with E-state index in [0.717, 1.165) is 10.8 Å². The largest absolute Gasteiger partial charge is 0.460 e. The van der Waals surface area contributed by atoms with E-state index in [1.54, 1.807) is 13.0 Å². The van der Waals surface area contributed by atoms with Gasteiger partial charge in [-0.05, 0) is 39.7 Å². The molecule has 0 aromatic heterocycles. The lowest BCUT2D eigenvalue weighted by atomic mass is 10.0. The molecular formula is C14H11BrO3. The lowest BCUT2D eigenvalue weighted by Gasteiger charge is -2.06. The van der Waals surface area contributed by atoms with Crippen LogP contribution >= 0.6 is 15.9 Å². The van der Waals surface area contributed by atoms with Gasteiger partial charge in [0.2, 0.25) is 0 Å².